The van der Waals surface area contributed by atoms with Crippen molar-refractivity contribution in [3.05, 3.63) is 95.1 Å². The summed E-state index contributed by atoms with van der Waals surface area (Å²) in [5.41, 5.74) is 6.17. The molecule has 0 saturated carbocycles. The molecule has 3 aromatic carbocycles. The second-order valence-electron chi connectivity index (χ2n) is 6.27. The summed E-state index contributed by atoms with van der Waals surface area (Å²) in [5, 5.41) is 3.99. The fourth-order valence-corrected chi connectivity index (χ4v) is 2.51. The number of methoxy groups -OCH3 is 1. The Balaban J connectivity index is 1.52. The second kappa shape index (κ2) is 9.37. The van der Waals surface area contributed by atoms with Crippen LogP contribution in [0.4, 0.5) is 0 Å². The van der Waals surface area contributed by atoms with Crippen molar-refractivity contribution in [1.82, 2.24) is 5.43 Å². The van der Waals surface area contributed by atoms with Crippen LogP contribution in [0.15, 0.2) is 77.9 Å². The summed E-state index contributed by atoms with van der Waals surface area (Å²) in [5.74, 6) is 1.15. The first-order chi connectivity index (χ1) is 13.6. The van der Waals surface area contributed by atoms with Crippen LogP contribution in [0.5, 0.6) is 11.5 Å². The van der Waals surface area contributed by atoms with Crippen LogP contribution in [0.1, 0.15) is 27.0 Å². The monoisotopic (exact) mass is 374 g/mol. The highest BCUT2D eigenvalue weighted by molar-refractivity contribution is 5.95. The number of rotatable bonds is 7. The predicted octanol–water partition coefficient (Wildman–Crippen LogP) is 4.35. The molecule has 5 nitrogen and oxygen atoms in total. The van der Waals surface area contributed by atoms with Crippen LogP contribution in [-0.2, 0) is 6.61 Å². The smallest absolute Gasteiger partial charge is 0.271 e. The summed E-state index contributed by atoms with van der Waals surface area (Å²) >= 11 is 0. The maximum Gasteiger partial charge on any atom is 0.271 e. The first kappa shape index (κ1) is 19.2. The van der Waals surface area contributed by atoms with Gasteiger partial charge in [0.25, 0.3) is 5.91 Å². The van der Waals surface area contributed by atoms with Gasteiger partial charge in [0.1, 0.15) is 18.1 Å². The summed E-state index contributed by atoms with van der Waals surface area (Å²) in [4.78, 5) is 12.2. The lowest BCUT2D eigenvalue weighted by Crippen LogP contribution is -2.17. The fraction of sp³-hybridized carbons (Fsp3) is 0.130. The third kappa shape index (κ3) is 5.45. The number of hydrogen-bond donors (Lipinski definition) is 1. The number of amides is 1. The zero-order valence-electron chi connectivity index (χ0n) is 15.9. The average molecular weight is 374 g/mol. The molecular formula is C23H22N2O3. The molecule has 0 aliphatic carbocycles. The summed E-state index contributed by atoms with van der Waals surface area (Å²) < 4.78 is 10.9. The van der Waals surface area contributed by atoms with Crippen LogP contribution in [0, 0.1) is 6.92 Å². The minimum atomic E-state index is -0.288. The molecule has 0 radical (unpaired) electrons. The Morgan fingerprint density at radius 1 is 1.00 bits per heavy atom. The van der Waals surface area contributed by atoms with E-state index in [-0.39, 0.29) is 5.91 Å². The van der Waals surface area contributed by atoms with Gasteiger partial charge in [-0.3, -0.25) is 4.79 Å². The van der Waals surface area contributed by atoms with E-state index >= 15 is 0 Å². The zero-order valence-corrected chi connectivity index (χ0v) is 15.9. The molecule has 5 heteroatoms. The molecule has 0 atom stereocenters. The van der Waals surface area contributed by atoms with Gasteiger partial charge < -0.3 is 9.47 Å². The molecule has 3 aromatic rings. The summed E-state index contributed by atoms with van der Waals surface area (Å²) in [6.45, 7) is 2.53. The van der Waals surface area contributed by atoms with E-state index in [1.165, 1.54) is 5.56 Å². The van der Waals surface area contributed by atoms with Gasteiger partial charge in [0.2, 0.25) is 0 Å². The van der Waals surface area contributed by atoms with Crippen LogP contribution >= 0.6 is 0 Å². The molecule has 0 aromatic heterocycles. The molecule has 0 bridgehead atoms. The molecule has 142 valence electrons. The lowest BCUT2D eigenvalue weighted by molar-refractivity contribution is 0.0955. The standard InChI is InChI=1S/C23H22N2O3/c1-17-6-8-18(9-7-17)16-28-21-12-10-20(11-13-21)23(26)25-24-15-19-4-3-5-22(14-19)27-2/h3-15H,16H2,1-2H3,(H,25,26)/b24-15+. The van der Waals surface area contributed by atoms with E-state index in [2.05, 4.69) is 29.6 Å². The number of hydrogen-bond acceptors (Lipinski definition) is 4. The van der Waals surface area contributed by atoms with Crippen molar-refractivity contribution in [2.45, 2.75) is 13.5 Å². The molecule has 0 aliphatic heterocycles. The summed E-state index contributed by atoms with van der Waals surface area (Å²) in [7, 11) is 1.60. The first-order valence-corrected chi connectivity index (χ1v) is 8.90. The van der Waals surface area contributed by atoms with E-state index in [0.29, 0.717) is 17.9 Å². The van der Waals surface area contributed by atoms with Gasteiger partial charge in [-0.2, -0.15) is 5.10 Å². The fourth-order valence-electron chi connectivity index (χ4n) is 2.51. The molecule has 0 fully saturated rings. The largest absolute Gasteiger partial charge is 0.497 e. The van der Waals surface area contributed by atoms with Crippen molar-refractivity contribution >= 4 is 12.1 Å². The van der Waals surface area contributed by atoms with Crippen molar-refractivity contribution in [2.24, 2.45) is 5.10 Å². The summed E-state index contributed by atoms with van der Waals surface area (Å²) in [6.07, 6.45) is 1.57. The molecule has 0 aliphatic rings. The Kier molecular flexibility index (Phi) is 6.41. The zero-order chi connectivity index (χ0) is 19.8. The van der Waals surface area contributed by atoms with Crippen molar-refractivity contribution < 1.29 is 14.3 Å². The van der Waals surface area contributed by atoms with E-state index in [9.17, 15) is 4.79 Å². The third-order valence-corrected chi connectivity index (χ3v) is 4.12. The molecule has 28 heavy (non-hydrogen) atoms. The number of carbonyl (C=O) groups is 1. The maximum absolute atomic E-state index is 12.2. The van der Waals surface area contributed by atoms with Gasteiger partial charge in [-0.05, 0) is 54.4 Å². The van der Waals surface area contributed by atoms with Crippen molar-refractivity contribution in [3.8, 4) is 11.5 Å². The van der Waals surface area contributed by atoms with Gasteiger partial charge in [-0.15, -0.1) is 0 Å². The molecule has 0 unspecified atom stereocenters. The van der Waals surface area contributed by atoms with E-state index in [1.807, 2.05) is 36.4 Å². The number of aryl methyl sites for hydroxylation is 1. The normalized spacial score (nSPS) is 10.6. The number of hydrazone groups is 1. The Morgan fingerprint density at radius 2 is 1.75 bits per heavy atom. The van der Waals surface area contributed by atoms with Gasteiger partial charge in [-0.25, -0.2) is 5.43 Å². The number of ether oxygens (including phenoxy) is 2. The first-order valence-electron chi connectivity index (χ1n) is 8.90. The number of carbonyl (C=O) groups excluding carboxylic acids is 1. The van der Waals surface area contributed by atoms with Crippen LogP contribution in [0.2, 0.25) is 0 Å². The molecular weight excluding hydrogens is 352 g/mol. The highest BCUT2D eigenvalue weighted by Crippen LogP contribution is 2.15. The Morgan fingerprint density at radius 3 is 2.46 bits per heavy atom. The molecule has 0 spiro atoms. The highest BCUT2D eigenvalue weighted by atomic mass is 16.5. The van der Waals surface area contributed by atoms with Crippen LogP contribution in [0.3, 0.4) is 0 Å². The van der Waals surface area contributed by atoms with Gasteiger partial charge >= 0.3 is 0 Å². The maximum atomic E-state index is 12.2. The van der Waals surface area contributed by atoms with Crippen molar-refractivity contribution in [1.29, 1.82) is 0 Å². The van der Waals surface area contributed by atoms with Crippen LogP contribution in [0.25, 0.3) is 0 Å². The number of nitrogens with zero attached hydrogens (tertiary/aromatic N) is 1. The Bertz CT molecular complexity index is 948. The van der Waals surface area contributed by atoms with Gasteiger partial charge in [0.05, 0.1) is 13.3 Å². The van der Waals surface area contributed by atoms with Gasteiger partial charge in [0.15, 0.2) is 0 Å². The second-order valence-corrected chi connectivity index (χ2v) is 6.27. The van der Waals surface area contributed by atoms with E-state index in [1.54, 1.807) is 37.6 Å². The predicted molar refractivity (Wildman–Crippen MR) is 110 cm³/mol. The average Bonchev–Trinajstić information content (AvgIpc) is 2.74. The van der Waals surface area contributed by atoms with Gasteiger partial charge in [0, 0.05) is 5.56 Å². The van der Waals surface area contributed by atoms with E-state index < -0.39 is 0 Å². The minimum absolute atomic E-state index is 0.288. The SMILES string of the molecule is COc1cccc(/C=N/NC(=O)c2ccc(OCc3ccc(C)cc3)cc2)c1. The topological polar surface area (TPSA) is 59.9 Å². The summed E-state index contributed by atoms with van der Waals surface area (Å²) in [6, 6.07) is 22.6. The van der Waals surface area contributed by atoms with E-state index in [0.717, 1.165) is 16.9 Å². The molecule has 1 N–H and O–H groups in total. The van der Waals surface area contributed by atoms with Crippen LogP contribution < -0.4 is 14.9 Å². The molecule has 3 rings (SSSR count). The quantitative estimate of drug-likeness (QED) is 0.494. The van der Waals surface area contributed by atoms with E-state index in [4.69, 9.17) is 9.47 Å². The molecule has 0 saturated heterocycles. The number of benzene rings is 3. The van der Waals surface area contributed by atoms with Gasteiger partial charge in [-0.1, -0.05) is 42.0 Å². The highest BCUT2D eigenvalue weighted by Gasteiger charge is 2.04. The van der Waals surface area contributed by atoms with Crippen molar-refractivity contribution in [3.63, 3.8) is 0 Å². The lowest BCUT2D eigenvalue weighted by atomic mass is 10.2. The molecule has 0 heterocycles. The molecule has 1 amide bonds. The number of nitrogens with one attached hydrogen (secondary N) is 1. The Hall–Kier alpha value is -3.60. The van der Waals surface area contributed by atoms with Crippen LogP contribution in [-0.4, -0.2) is 19.2 Å². The Labute approximate surface area is 164 Å². The minimum Gasteiger partial charge on any atom is -0.497 e. The van der Waals surface area contributed by atoms with Crippen molar-refractivity contribution in [2.75, 3.05) is 7.11 Å². The third-order valence-electron chi connectivity index (χ3n) is 4.12. The lowest BCUT2D eigenvalue weighted by Gasteiger charge is -2.07.